The predicted octanol–water partition coefficient (Wildman–Crippen LogP) is 0.823. The quantitative estimate of drug-likeness (QED) is 0.594. The highest BCUT2D eigenvalue weighted by Gasteiger charge is 2.06. The standard InChI is InChI=1S/C6H12N2O.C2H6/c1-8-6-4-9-3-2-5(6)7;1-2/h8H,2-4,7H2,1H3;1-2H3. The second-order valence-electron chi connectivity index (χ2n) is 2.06. The number of hydrogen-bond acceptors (Lipinski definition) is 3. The average Bonchev–Trinajstić information content (AvgIpc) is 2.09. The predicted molar refractivity (Wildman–Crippen MR) is 47.1 cm³/mol. The number of ether oxygens (including phenoxy) is 1. The third kappa shape index (κ3) is 3.28. The normalized spacial score (nSPS) is 17.0. The van der Waals surface area contributed by atoms with E-state index < -0.39 is 0 Å². The van der Waals surface area contributed by atoms with Crippen LogP contribution in [-0.4, -0.2) is 20.3 Å². The Hall–Kier alpha value is -0.700. The van der Waals surface area contributed by atoms with Gasteiger partial charge in [-0.25, -0.2) is 0 Å². The molecule has 0 unspecified atom stereocenters. The largest absolute Gasteiger partial charge is 0.401 e. The highest BCUT2D eigenvalue weighted by Crippen LogP contribution is 2.06. The van der Waals surface area contributed by atoms with Gasteiger partial charge in [-0.2, -0.15) is 0 Å². The van der Waals surface area contributed by atoms with Gasteiger partial charge in [0.25, 0.3) is 0 Å². The molecule has 11 heavy (non-hydrogen) atoms. The molecule has 1 aliphatic heterocycles. The van der Waals surface area contributed by atoms with E-state index in [2.05, 4.69) is 5.32 Å². The molecule has 1 aliphatic rings. The monoisotopic (exact) mass is 158 g/mol. The van der Waals surface area contributed by atoms with Crippen LogP contribution in [0.5, 0.6) is 0 Å². The molecule has 0 atom stereocenters. The molecular formula is C8H18N2O. The zero-order valence-corrected chi connectivity index (χ0v) is 7.61. The highest BCUT2D eigenvalue weighted by atomic mass is 16.5. The zero-order chi connectivity index (χ0) is 8.69. The molecule has 0 spiro atoms. The lowest BCUT2D eigenvalue weighted by Crippen LogP contribution is -2.24. The van der Waals surface area contributed by atoms with Crippen LogP contribution in [0.1, 0.15) is 20.3 Å². The lowest BCUT2D eigenvalue weighted by atomic mass is 10.2. The molecule has 0 aromatic carbocycles. The van der Waals surface area contributed by atoms with E-state index >= 15 is 0 Å². The minimum Gasteiger partial charge on any atom is -0.401 e. The van der Waals surface area contributed by atoms with Crippen molar-refractivity contribution in [3.8, 4) is 0 Å². The van der Waals surface area contributed by atoms with Gasteiger partial charge in [0.05, 0.1) is 18.9 Å². The summed E-state index contributed by atoms with van der Waals surface area (Å²) in [6, 6.07) is 0. The lowest BCUT2D eigenvalue weighted by molar-refractivity contribution is 0.141. The Labute approximate surface area is 68.6 Å². The fourth-order valence-corrected chi connectivity index (χ4v) is 0.833. The maximum atomic E-state index is 5.63. The van der Waals surface area contributed by atoms with E-state index in [1.54, 1.807) is 0 Å². The number of nitrogens with two attached hydrogens (primary N) is 1. The van der Waals surface area contributed by atoms with Crippen molar-refractivity contribution in [1.82, 2.24) is 5.32 Å². The minimum absolute atomic E-state index is 0.641. The number of rotatable bonds is 1. The van der Waals surface area contributed by atoms with Crippen LogP contribution in [0.25, 0.3) is 0 Å². The fourth-order valence-electron chi connectivity index (χ4n) is 0.833. The van der Waals surface area contributed by atoms with Gasteiger partial charge in [-0.05, 0) is 0 Å². The molecule has 1 heterocycles. The maximum absolute atomic E-state index is 5.63. The van der Waals surface area contributed by atoms with Crippen LogP contribution in [-0.2, 0) is 4.74 Å². The van der Waals surface area contributed by atoms with Crippen molar-refractivity contribution in [2.45, 2.75) is 20.3 Å². The Morgan fingerprint density at radius 1 is 1.45 bits per heavy atom. The molecule has 0 aromatic rings. The second-order valence-corrected chi connectivity index (χ2v) is 2.06. The molecule has 3 N–H and O–H groups in total. The Kier molecular flexibility index (Phi) is 5.65. The SMILES string of the molecule is CC.CNC1=C(N)CCOC1. The second kappa shape index (κ2) is 6.04. The van der Waals surface area contributed by atoms with Crippen molar-refractivity contribution < 1.29 is 4.74 Å². The third-order valence-corrected chi connectivity index (χ3v) is 1.45. The van der Waals surface area contributed by atoms with E-state index in [0.29, 0.717) is 6.61 Å². The summed E-state index contributed by atoms with van der Waals surface area (Å²) in [7, 11) is 1.86. The van der Waals surface area contributed by atoms with E-state index in [0.717, 1.165) is 24.4 Å². The minimum atomic E-state index is 0.641. The molecule has 3 nitrogen and oxygen atoms in total. The van der Waals surface area contributed by atoms with Gasteiger partial charge < -0.3 is 15.8 Å². The summed E-state index contributed by atoms with van der Waals surface area (Å²) in [4.78, 5) is 0. The molecule has 0 radical (unpaired) electrons. The van der Waals surface area contributed by atoms with Crippen LogP contribution < -0.4 is 11.1 Å². The summed E-state index contributed by atoms with van der Waals surface area (Å²) in [5.41, 5.74) is 7.59. The smallest absolute Gasteiger partial charge is 0.0879 e. The summed E-state index contributed by atoms with van der Waals surface area (Å²) in [5, 5.41) is 2.98. The first-order valence-electron chi connectivity index (χ1n) is 4.07. The topological polar surface area (TPSA) is 47.3 Å². The third-order valence-electron chi connectivity index (χ3n) is 1.45. The molecule has 0 aliphatic carbocycles. The van der Waals surface area contributed by atoms with Gasteiger partial charge in [-0.1, -0.05) is 13.8 Å². The van der Waals surface area contributed by atoms with Crippen LogP contribution in [0.4, 0.5) is 0 Å². The molecule has 0 fully saturated rings. The van der Waals surface area contributed by atoms with Crippen LogP contribution >= 0.6 is 0 Å². The van der Waals surface area contributed by atoms with Crippen molar-refractivity contribution in [3.63, 3.8) is 0 Å². The molecule has 0 aromatic heterocycles. The summed E-state index contributed by atoms with van der Waals surface area (Å²) in [6.07, 6.45) is 0.857. The molecule has 0 saturated heterocycles. The van der Waals surface area contributed by atoms with Crippen LogP contribution in [0.3, 0.4) is 0 Å². The Bertz CT molecular complexity index is 132. The van der Waals surface area contributed by atoms with Crippen molar-refractivity contribution >= 4 is 0 Å². The van der Waals surface area contributed by atoms with Gasteiger partial charge in [0.15, 0.2) is 0 Å². The average molecular weight is 158 g/mol. The molecule has 0 bridgehead atoms. The molecule has 1 rings (SSSR count). The van der Waals surface area contributed by atoms with Gasteiger partial charge in [0.1, 0.15) is 0 Å². The van der Waals surface area contributed by atoms with Crippen LogP contribution in [0.2, 0.25) is 0 Å². The highest BCUT2D eigenvalue weighted by molar-refractivity contribution is 5.11. The number of likely N-dealkylation sites (N-methyl/N-ethyl adjacent to an activating group) is 1. The van der Waals surface area contributed by atoms with Gasteiger partial charge in [-0.15, -0.1) is 0 Å². The van der Waals surface area contributed by atoms with Crippen LogP contribution in [0.15, 0.2) is 11.4 Å². The maximum Gasteiger partial charge on any atom is 0.0879 e. The first-order valence-corrected chi connectivity index (χ1v) is 4.07. The van der Waals surface area contributed by atoms with Gasteiger partial charge in [-0.3, -0.25) is 0 Å². The molecular weight excluding hydrogens is 140 g/mol. The van der Waals surface area contributed by atoms with Gasteiger partial charge in [0, 0.05) is 19.2 Å². The van der Waals surface area contributed by atoms with Crippen molar-refractivity contribution in [2.75, 3.05) is 20.3 Å². The first kappa shape index (κ1) is 10.3. The summed E-state index contributed by atoms with van der Waals surface area (Å²) >= 11 is 0. The summed E-state index contributed by atoms with van der Waals surface area (Å²) in [5.74, 6) is 0. The molecule has 3 heteroatoms. The van der Waals surface area contributed by atoms with E-state index in [-0.39, 0.29) is 0 Å². The van der Waals surface area contributed by atoms with Gasteiger partial charge >= 0.3 is 0 Å². The Balaban J connectivity index is 0.000000461. The fraction of sp³-hybridized carbons (Fsp3) is 0.750. The van der Waals surface area contributed by atoms with E-state index in [1.165, 1.54) is 0 Å². The Morgan fingerprint density at radius 2 is 2.09 bits per heavy atom. The number of nitrogens with one attached hydrogen (secondary N) is 1. The Morgan fingerprint density at radius 3 is 2.45 bits per heavy atom. The van der Waals surface area contributed by atoms with Crippen LogP contribution in [0, 0.1) is 0 Å². The summed E-state index contributed by atoms with van der Waals surface area (Å²) in [6.45, 7) is 5.40. The molecule has 0 saturated carbocycles. The molecule has 0 amide bonds. The molecule has 66 valence electrons. The number of hydrogen-bond donors (Lipinski definition) is 2. The van der Waals surface area contributed by atoms with E-state index in [1.807, 2.05) is 20.9 Å². The zero-order valence-electron chi connectivity index (χ0n) is 7.61. The van der Waals surface area contributed by atoms with E-state index in [9.17, 15) is 0 Å². The first-order chi connectivity index (χ1) is 5.34. The summed E-state index contributed by atoms with van der Waals surface area (Å²) < 4.78 is 5.14. The van der Waals surface area contributed by atoms with E-state index in [4.69, 9.17) is 10.5 Å². The lowest BCUT2D eigenvalue weighted by Gasteiger charge is -2.16. The van der Waals surface area contributed by atoms with Crippen molar-refractivity contribution in [2.24, 2.45) is 5.73 Å². The van der Waals surface area contributed by atoms with Crippen molar-refractivity contribution in [3.05, 3.63) is 11.4 Å². The van der Waals surface area contributed by atoms with Gasteiger partial charge in [0.2, 0.25) is 0 Å². The van der Waals surface area contributed by atoms with Crippen molar-refractivity contribution in [1.29, 1.82) is 0 Å².